The minimum absolute atomic E-state index is 0.00803. The average Bonchev–Trinajstić information content (AvgIpc) is 2.72. The van der Waals surface area contributed by atoms with Crippen LogP contribution >= 0.6 is 0 Å². The van der Waals surface area contributed by atoms with Crippen LogP contribution in [0.2, 0.25) is 0 Å². The van der Waals surface area contributed by atoms with Crippen molar-refractivity contribution in [2.75, 3.05) is 0 Å². The first kappa shape index (κ1) is 10.9. The standard InChI is InChI=1S/C10H8N2O5/c13-8-1-2-9(14)12(11-8)4-7-3-6(5-17-7)10(15)16/h1-3,5H,4H2,(H,11,13)(H,15,16). The normalized spacial score (nSPS) is 10.4. The quantitative estimate of drug-likeness (QED) is 0.772. The summed E-state index contributed by atoms with van der Waals surface area (Å²) >= 11 is 0. The Labute approximate surface area is 93.9 Å². The Morgan fingerprint density at radius 1 is 1.41 bits per heavy atom. The summed E-state index contributed by atoms with van der Waals surface area (Å²) in [6, 6.07) is 3.53. The van der Waals surface area contributed by atoms with Gasteiger partial charge in [0, 0.05) is 12.1 Å². The molecule has 7 heteroatoms. The summed E-state index contributed by atoms with van der Waals surface area (Å²) in [6.07, 6.45) is 1.07. The maximum atomic E-state index is 11.4. The number of aromatic amines is 1. The van der Waals surface area contributed by atoms with E-state index in [9.17, 15) is 14.4 Å². The third kappa shape index (κ3) is 2.33. The number of nitrogens with zero attached hydrogens (tertiary/aromatic N) is 1. The van der Waals surface area contributed by atoms with Crippen LogP contribution < -0.4 is 11.1 Å². The van der Waals surface area contributed by atoms with Crippen molar-refractivity contribution >= 4 is 5.97 Å². The van der Waals surface area contributed by atoms with Crippen molar-refractivity contribution in [2.45, 2.75) is 6.54 Å². The van der Waals surface area contributed by atoms with Gasteiger partial charge in [-0.05, 0) is 6.07 Å². The number of aromatic carboxylic acids is 1. The monoisotopic (exact) mass is 236 g/mol. The van der Waals surface area contributed by atoms with E-state index < -0.39 is 17.1 Å². The first-order valence-corrected chi connectivity index (χ1v) is 4.67. The molecule has 0 fully saturated rings. The van der Waals surface area contributed by atoms with Gasteiger partial charge in [0.05, 0.1) is 5.56 Å². The molecular formula is C10H8N2O5. The van der Waals surface area contributed by atoms with E-state index >= 15 is 0 Å². The minimum atomic E-state index is -1.12. The molecule has 7 nitrogen and oxygen atoms in total. The third-order valence-corrected chi connectivity index (χ3v) is 2.10. The van der Waals surface area contributed by atoms with Crippen molar-refractivity contribution in [3.63, 3.8) is 0 Å². The third-order valence-electron chi connectivity index (χ3n) is 2.10. The lowest BCUT2D eigenvalue weighted by Gasteiger charge is -2.00. The van der Waals surface area contributed by atoms with Crippen LogP contribution in [0, 0.1) is 0 Å². The highest BCUT2D eigenvalue weighted by molar-refractivity contribution is 5.87. The molecule has 17 heavy (non-hydrogen) atoms. The van der Waals surface area contributed by atoms with E-state index in [1.54, 1.807) is 0 Å². The van der Waals surface area contributed by atoms with Crippen molar-refractivity contribution in [3.8, 4) is 0 Å². The summed E-state index contributed by atoms with van der Waals surface area (Å²) in [6.45, 7) is -0.0256. The predicted molar refractivity (Wildman–Crippen MR) is 56.1 cm³/mol. The molecule has 0 aliphatic heterocycles. The van der Waals surface area contributed by atoms with E-state index in [0.29, 0.717) is 0 Å². The van der Waals surface area contributed by atoms with Gasteiger partial charge in [0.25, 0.3) is 11.1 Å². The Morgan fingerprint density at radius 3 is 2.82 bits per heavy atom. The Kier molecular flexibility index (Phi) is 2.65. The van der Waals surface area contributed by atoms with Crippen molar-refractivity contribution in [3.05, 3.63) is 56.5 Å². The van der Waals surface area contributed by atoms with Crippen LogP contribution in [0.25, 0.3) is 0 Å². The number of rotatable bonds is 3. The molecule has 88 valence electrons. The van der Waals surface area contributed by atoms with Crippen molar-refractivity contribution in [1.82, 2.24) is 9.78 Å². The molecule has 0 aliphatic carbocycles. The minimum Gasteiger partial charge on any atom is -0.478 e. The van der Waals surface area contributed by atoms with Crippen LogP contribution in [-0.4, -0.2) is 20.9 Å². The lowest BCUT2D eigenvalue weighted by molar-refractivity contribution is 0.0696. The van der Waals surface area contributed by atoms with Gasteiger partial charge in [-0.15, -0.1) is 0 Å². The highest BCUT2D eigenvalue weighted by Gasteiger charge is 2.09. The molecule has 0 unspecified atom stereocenters. The average molecular weight is 236 g/mol. The number of carbonyl (C=O) groups is 1. The van der Waals surface area contributed by atoms with Gasteiger partial charge in [0.1, 0.15) is 18.6 Å². The molecule has 0 saturated carbocycles. The van der Waals surface area contributed by atoms with Crippen LogP contribution in [0.4, 0.5) is 0 Å². The van der Waals surface area contributed by atoms with Gasteiger partial charge >= 0.3 is 5.97 Å². The number of carboxylic acid groups (broad SMARTS) is 1. The molecule has 0 aromatic carbocycles. The van der Waals surface area contributed by atoms with E-state index in [-0.39, 0.29) is 17.9 Å². The zero-order chi connectivity index (χ0) is 12.4. The number of H-pyrrole nitrogens is 1. The van der Waals surface area contributed by atoms with Gasteiger partial charge in [0.15, 0.2) is 0 Å². The predicted octanol–water partition coefficient (Wildman–Crippen LogP) is -0.124. The second-order valence-electron chi connectivity index (χ2n) is 3.34. The maximum absolute atomic E-state index is 11.4. The first-order chi connectivity index (χ1) is 8.06. The molecule has 0 amide bonds. The topological polar surface area (TPSA) is 105 Å². The lowest BCUT2D eigenvalue weighted by Crippen LogP contribution is -2.28. The molecule has 0 spiro atoms. The largest absolute Gasteiger partial charge is 0.478 e. The van der Waals surface area contributed by atoms with Gasteiger partial charge in [0.2, 0.25) is 0 Å². The molecule has 0 saturated heterocycles. The van der Waals surface area contributed by atoms with Crippen LogP contribution in [0.15, 0.2) is 38.5 Å². The maximum Gasteiger partial charge on any atom is 0.338 e. The fraction of sp³-hybridized carbons (Fsp3) is 0.100. The summed E-state index contributed by atoms with van der Waals surface area (Å²) in [5, 5.41) is 11.0. The van der Waals surface area contributed by atoms with E-state index in [1.165, 1.54) is 6.07 Å². The molecule has 2 heterocycles. The summed E-state index contributed by atoms with van der Waals surface area (Å²) in [5.41, 5.74) is -0.834. The number of hydrogen-bond acceptors (Lipinski definition) is 4. The number of nitrogens with one attached hydrogen (secondary N) is 1. The summed E-state index contributed by atoms with van der Waals surface area (Å²) in [4.78, 5) is 33.0. The van der Waals surface area contributed by atoms with E-state index in [4.69, 9.17) is 9.52 Å². The Bertz CT molecular complexity index is 664. The van der Waals surface area contributed by atoms with Crippen LogP contribution in [0.5, 0.6) is 0 Å². The smallest absolute Gasteiger partial charge is 0.338 e. The zero-order valence-corrected chi connectivity index (χ0v) is 8.54. The molecule has 2 aromatic heterocycles. The van der Waals surface area contributed by atoms with Crippen molar-refractivity contribution < 1.29 is 14.3 Å². The fourth-order valence-corrected chi connectivity index (χ4v) is 1.31. The summed E-state index contributed by atoms with van der Waals surface area (Å²) in [7, 11) is 0. The van der Waals surface area contributed by atoms with Crippen LogP contribution in [-0.2, 0) is 6.54 Å². The Balaban J connectivity index is 2.31. The Morgan fingerprint density at radius 2 is 2.18 bits per heavy atom. The van der Waals surface area contributed by atoms with E-state index in [2.05, 4.69) is 5.10 Å². The van der Waals surface area contributed by atoms with Gasteiger partial charge in [-0.25, -0.2) is 9.48 Å². The fourth-order valence-electron chi connectivity index (χ4n) is 1.31. The molecule has 0 aliphatic rings. The van der Waals surface area contributed by atoms with E-state index in [0.717, 1.165) is 23.1 Å². The molecule has 2 N–H and O–H groups in total. The molecular weight excluding hydrogens is 228 g/mol. The lowest BCUT2D eigenvalue weighted by atomic mass is 10.3. The van der Waals surface area contributed by atoms with E-state index in [1.807, 2.05) is 0 Å². The van der Waals surface area contributed by atoms with Gasteiger partial charge in [-0.1, -0.05) is 0 Å². The number of aromatic nitrogens is 2. The van der Waals surface area contributed by atoms with Gasteiger partial charge < -0.3 is 9.52 Å². The molecule has 0 bridgehead atoms. The zero-order valence-electron chi connectivity index (χ0n) is 8.54. The second kappa shape index (κ2) is 4.12. The first-order valence-electron chi connectivity index (χ1n) is 4.67. The number of carboxylic acids is 1. The number of hydrogen-bond donors (Lipinski definition) is 2. The van der Waals surface area contributed by atoms with Crippen LogP contribution in [0.3, 0.4) is 0 Å². The SMILES string of the molecule is O=C(O)c1coc(Cn2[nH]c(=O)ccc2=O)c1. The second-order valence-corrected chi connectivity index (χ2v) is 3.34. The highest BCUT2D eigenvalue weighted by atomic mass is 16.4. The van der Waals surface area contributed by atoms with Gasteiger partial charge in [-0.3, -0.25) is 14.7 Å². The number of furan rings is 1. The summed E-state index contributed by atoms with van der Waals surface area (Å²) in [5.74, 6) is -0.847. The van der Waals surface area contributed by atoms with Crippen molar-refractivity contribution in [2.24, 2.45) is 0 Å². The summed E-state index contributed by atoms with van der Waals surface area (Å²) < 4.78 is 6.00. The molecule has 2 rings (SSSR count). The molecule has 2 aromatic rings. The van der Waals surface area contributed by atoms with Crippen molar-refractivity contribution in [1.29, 1.82) is 0 Å². The highest BCUT2D eigenvalue weighted by Crippen LogP contribution is 2.07. The molecule has 0 atom stereocenters. The van der Waals surface area contributed by atoms with Crippen LogP contribution in [0.1, 0.15) is 16.1 Å². The Hall–Kier alpha value is -2.57. The molecule has 0 radical (unpaired) electrons. The van der Waals surface area contributed by atoms with Gasteiger partial charge in [-0.2, -0.15) is 0 Å².